The molecule has 7 rings (SSSR count). The van der Waals surface area contributed by atoms with Crippen molar-refractivity contribution in [2.24, 2.45) is 0 Å². The Hall–Kier alpha value is -7.43. The fourth-order valence-electron chi connectivity index (χ4n) is 6.26. The molecule has 0 radical (unpaired) electrons. The topological polar surface area (TPSA) is 460 Å². The average Bonchev–Trinajstić information content (AvgIpc) is 3.29. The van der Waals surface area contributed by atoms with E-state index in [1.54, 1.807) is 0 Å². The number of fused-ring (bicyclic) bond motifs is 2. The van der Waals surface area contributed by atoms with E-state index in [1.807, 2.05) is 0 Å². The fourth-order valence-corrected chi connectivity index (χ4v) is 6.26. The maximum Gasteiger partial charge on any atom is 0.239 e. The zero-order valence-corrected chi connectivity index (χ0v) is 33.9. The number of ether oxygens (including phenoxy) is 2. The summed E-state index contributed by atoms with van der Waals surface area (Å²) in [7, 11) is 0. The van der Waals surface area contributed by atoms with E-state index in [2.05, 4.69) is 0 Å². The highest BCUT2D eigenvalue weighted by molar-refractivity contribution is 5.89. The third kappa shape index (κ3) is 10.7. The van der Waals surface area contributed by atoms with Crippen LogP contribution in [-0.4, -0.2) is 167 Å². The minimum atomic E-state index is -1.85. The van der Waals surface area contributed by atoms with Gasteiger partial charge >= 0.3 is 0 Å². The number of hydrogen-bond acceptors (Lipinski definition) is 25. The van der Waals surface area contributed by atoms with Crippen LogP contribution in [0.15, 0.2) is 79.1 Å². The van der Waals surface area contributed by atoms with Crippen LogP contribution in [0, 0.1) is 0 Å². The standard InChI is InChI=1S/C21H20O12.C15H10O7.C6H12O6/c22-6-13-15(27)17(29)18(30)21(32-13)33-20-16(28)14-11(26)4-8(23)5-12(14)31-19(20)7-1-2-9(24)10(25)3-7;16-7-4-10(19)12-11(5-7)22-15(14(21)13(12)20)6-1-2-8(17)9(18)3-6;7-1-3(9)5(11)6(12)4(10)2-8/h1-5,13,15,17-18,21-27,29-30H,6H2;1-5,16-19,21H;1,3-6,8-12H,2H2/t13-,15+,17+,18-,21?;;3-,4+,5+,6-/m1.0/s1. The zero-order chi connectivity index (χ0) is 49.8. The summed E-state index contributed by atoms with van der Waals surface area (Å²) in [4.78, 5) is 35.3. The molecule has 1 aliphatic rings. The van der Waals surface area contributed by atoms with E-state index < -0.39 is 125 Å². The smallest absolute Gasteiger partial charge is 0.239 e. The van der Waals surface area contributed by atoms with Crippen molar-refractivity contribution in [3.63, 3.8) is 0 Å². The van der Waals surface area contributed by atoms with E-state index in [1.165, 1.54) is 12.1 Å². The average molecular weight is 947 g/mol. The maximum absolute atomic E-state index is 13.2. The van der Waals surface area contributed by atoms with Crippen LogP contribution in [-0.2, 0) is 9.53 Å². The predicted octanol–water partition coefficient (Wildman–Crippen LogP) is -1.93. The molecule has 0 bridgehead atoms. The molecule has 0 saturated carbocycles. The lowest BCUT2D eigenvalue weighted by Gasteiger charge is -2.39. The van der Waals surface area contributed by atoms with Crippen LogP contribution in [0.2, 0.25) is 0 Å². The van der Waals surface area contributed by atoms with Crippen molar-refractivity contribution in [1.82, 2.24) is 0 Å². The van der Waals surface area contributed by atoms with Gasteiger partial charge in [-0.15, -0.1) is 0 Å². The molecule has 25 nitrogen and oxygen atoms in total. The highest BCUT2D eigenvalue weighted by atomic mass is 16.7. The van der Waals surface area contributed by atoms with Gasteiger partial charge in [-0.2, -0.15) is 0 Å². The van der Waals surface area contributed by atoms with Crippen molar-refractivity contribution in [2.45, 2.75) is 55.1 Å². The summed E-state index contributed by atoms with van der Waals surface area (Å²) in [5, 5.41) is 170. The number of carbonyl (C=O) groups is 1. The summed E-state index contributed by atoms with van der Waals surface area (Å²) in [6.45, 7) is -1.50. The van der Waals surface area contributed by atoms with Gasteiger partial charge in [-0.25, -0.2) is 0 Å². The molecule has 67 heavy (non-hydrogen) atoms. The summed E-state index contributed by atoms with van der Waals surface area (Å²) < 4.78 is 21.8. The number of hydrogen-bond donors (Lipinski definition) is 18. The minimum absolute atomic E-state index is 0.0201. The van der Waals surface area contributed by atoms with Crippen molar-refractivity contribution >= 4 is 28.2 Å². The molecule has 4 aromatic carbocycles. The summed E-state index contributed by atoms with van der Waals surface area (Å²) >= 11 is 0. The molecule has 25 heteroatoms. The summed E-state index contributed by atoms with van der Waals surface area (Å²) in [6.07, 6.45) is -15.2. The van der Waals surface area contributed by atoms with Crippen molar-refractivity contribution in [3.8, 4) is 80.1 Å². The second-order valence-corrected chi connectivity index (χ2v) is 14.5. The molecule has 1 aliphatic heterocycles. The number of aldehydes is 1. The number of phenols is 8. The van der Waals surface area contributed by atoms with Gasteiger partial charge in [0.1, 0.15) is 93.8 Å². The SMILES string of the molecule is O=C[C@H](O)[C@@H](O)[C@@H](O)[C@H](O)CO.O=c1c(O)c(-c2ccc(O)c(O)c2)oc2cc(O)cc(O)c12.O=c1c(OC2O[C@H](CO)[C@H](O)[C@H](O)[C@H]2O)c(-c2ccc(O)c(O)c2)oc2cc(O)cc(O)c12. The summed E-state index contributed by atoms with van der Waals surface area (Å²) in [5.74, 6) is -5.76. The Labute approximate surface area is 372 Å². The first-order chi connectivity index (χ1) is 31.5. The second kappa shape index (κ2) is 20.8. The summed E-state index contributed by atoms with van der Waals surface area (Å²) in [6, 6.07) is 11.0. The van der Waals surface area contributed by atoms with E-state index in [4.69, 9.17) is 43.8 Å². The van der Waals surface area contributed by atoms with Gasteiger partial charge in [-0.3, -0.25) is 9.59 Å². The monoisotopic (exact) mass is 946 g/mol. The molecule has 9 atom stereocenters. The molecule has 3 heterocycles. The molecule has 1 saturated heterocycles. The molecule has 0 aliphatic carbocycles. The van der Waals surface area contributed by atoms with E-state index in [-0.39, 0.29) is 62.4 Å². The predicted molar refractivity (Wildman–Crippen MR) is 222 cm³/mol. The first-order valence-corrected chi connectivity index (χ1v) is 19.1. The van der Waals surface area contributed by atoms with Crippen LogP contribution < -0.4 is 15.6 Å². The molecular formula is C42H42O25. The van der Waals surface area contributed by atoms with Gasteiger partial charge in [0.2, 0.25) is 28.6 Å². The van der Waals surface area contributed by atoms with Crippen LogP contribution >= 0.6 is 0 Å². The van der Waals surface area contributed by atoms with Crippen molar-refractivity contribution in [2.75, 3.05) is 13.2 Å². The van der Waals surface area contributed by atoms with Crippen molar-refractivity contribution < 1.29 is 115 Å². The number of carbonyl (C=O) groups excluding carboxylic acids is 1. The normalized spacial score (nSPS) is 19.8. The third-order valence-electron chi connectivity index (χ3n) is 9.83. The molecule has 18 N–H and O–H groups in total. The Morgan fingerprint density at radius 2 is 1.07 bits per heavy atom. The van der Waals surface area contributed by atoms with Crippen LogP contribution in [0.1, 0.15) is 0 Å². The van der Waals surface area contributed by atoms with Gasteiger partial charge in [0.05, 0.1) is 13.2 Å². The van der Waals surface area contributed by atoms with E-state index >= 15 is 0 Å². The first kappa shape index (κ1) is 50.6. The van der Waals surface area contributed by atoms with Gasteiger partial charge in [0, 0.05) is 35.4 Å². The molecule has 6 aromatic rings. The summed E-state index contributed by atoms with van der Waals surface area (Å²) in [5.41, 5.74) is -2.08. The highest BCUT2D eigenvalue weighted by Gasteiger charge is 2.45. The molecule has 0 spiro atoms. The largest absolute Gasteiger partial charge is 0.508 e. The van der Waals surface area contributed by atoms with Crippen molar-refractivity contribution in [3.05, 3.63) is 81.1 Å². The zero-order valence-electron chi connectivity index (χ0n) is 33.9. The second-order valence-electron chi connectivity index (χ2n) is 14.5. The lowest BCUT2D eigenvalue weighted by atomic mass is 9.99. The Kier molecular flexibility index (Phi) is 15.7. The van der Waals surface area contributed by atoms with Gasteiger partial charge < -0.3 is 115 Å². The van der Waals surface area contributed by atoms with Crippen LogP contribution in [0.4, 0.5) is 0 Å². The Bertz CT molecular complexity index is 2860. The highest BCUT2D eigenvalue weighted by Crippen LogP contribution is 2.40. The Balaban J connectivity index is 0.000000212. The number of phenolic OH excluding ortho intramolecular Hbond substituents is 8. The van der Waals surface area contributed by atoms with Crippen LogP contribution in [0.3, 0.4) is 0 Å². The quantitative estimate of drug-likeness (QED) is 0.0525. The molecule has 2 aromatic heterocycles. The van der Waals surface area contributed by atoms with E-state index in [9.17, 15) is 80.8 Å². The van der Waals surface area contributed by atoms with Crippen LogP contribution in [0.25, 0.3) is 44.6 Å². The van der Waals surface area contributed by atoms with Gasteiger partial charge in [-0.05, 0) is 36.4 Å². The lowest BCUT2D eigenvalue weighted by Crippen LogP contribution is -2.60. The van der Waals surface area contributed by atoms with E-state index in [0.29, 0.717) is 0 Å². The minimum Gasteiger partial charge on any atom is -0.508 e. The Morgan fingerprint density at radius 1 is 0.582 bits per heavy atom. The Morgan fingerprint density at radius 3 is 1.55 bits per heavy atom. The first-order valence-electron chi connectivity index (χ1n) is 19.1. The van der Waals surface area contributed by atoms with Gasteiger partial charge in [0.25, 0.3) is 0 Å². The maximum atomic E-state index is 13.2. The number of aliphatic hydroxyl groups excluding tert-OH is 9. The molecular weight excluding hydrogens is 904 g/mol. The van der Waals surface area contributed by atoms with E-state index in [0.717, 1.165) is 48.5 Å². The van der Waals surface area contributed by atoms with Crippen molar-refractivity contribution in [1.29, 1.82) is 0 Å². The number of rotatable bonds is 10. The fraction of sp³-hybridized carbons (Fsp3) is 0.262. The molecule has 1 unspecified atom stereocenters. The van der Waals surface area contributed by atoms with Crippen LogP contribution in [0.5, 0.6) is 57.5 Å². The third-order valence-corrected chi connectivity index (χ3v) is 9.83. The number of aromatic hydroxyl groups is 9. The van der Waals surface area contributed by atoms with Gasteiger partial charge in [0.15, 0.2) is 40.8 Å². The number of benzene rings is 4. The number of aliphatic hydroxyl groups is 9. The van der Waals surface area contributed by atoms with Gasteiger partial charge in [-0.1, -0.05) is 0 Å². The molecule has 360 valence electrons. The molecule has 0 amide bonds. The molecule has 1 fully saturated rings. The lowest BCUT2D eigenvalue weighted by molar-refractivity contribution is -0.277.